The third-order valence-electron chi connectivity index (χ3n) is 4.83. The van der Waals surface area contributed by atoms with Crippen molar-refractivity contribution in [2.45, 2.75) is 32.7 Å². The molecule has 2 saturated heterocycles. The van der Waals surface area contributed by atoms with Crippen molar-refractivity contribution in [3.8, 4) is 0 Å². The number of nitrogens with zero attached hydrogens (tertiary/aromatic N) is 3. The number of guanidine groups is 1. The topological polar surface area (TPSA) is 83.2 Å². The highest BCUT2D eigenvalue weighted by Crippen LogP contribution is 2.17. The van der Waals surface area contributed by atoms with Crippen LogP contribution in [0.1, 0.15) is 27.2 Å². The number of rotatable bonds is 5. The number of nitrogens with two attached hydrogens (primary N) is 1. The van der Waals surface area contributed by atoms with Crippen LogP contribution in [0.4, 0.5) is 0 Å². The highest BCUT2D eigenvalue weighted by molar-refractivity contribution is 5.84. The van der Waals surface area contributed by atoms with E-state index in [9.17, 15) is 4.79 Å². The first kappa shape index (κ1) is 18.0. The second-order valence-corrected chi connectivity index (χ2v) is 6.82. The molecule has 1 atom stereocenters. The zero-order chi connectivity index (χ0) is 16.9. The molecule has 2 aliphatic rings. The number of hydrogen-bond donors (Lipinski definition) is 2. The van der Waals surface area contributed by atoms with Crippen LogP contribution in [0.15, 0.2) is 4.99 Å². The summed E-state index contributed by atoms with van der Waals surface area (Å²) in [7, 11) is 0. The van der Waals surface area contributed by atoms with Crippen molar-refractivity contribution < 1.29 is 9.53 Å². The minimum atomic E-state index is -0.594. The van der Waals surface area contributed by atoms with Gasteiger partial charge < -0.3 is 20.7 Å². The van der Waals surface area contributed by atoms with Crippen LogP contribution in [0.2, 0.25) is 0 Å². The summed E-state index contributed by atoms with van der Waals surface area (Å²) >= 11 is 0. The Kier molecular flexibility index (Phi) is 6.24. The van der Waals surface area contributed by atoms with E-state index in [1.54, 1.807) is 0 Å². The fourth-order valence-electron chi connectivity index (χ4n) is 3.00. The Bertz CT molecular complexity index is 424. The molecule has 0 aromatic rings. The third kappa shape index (κ3) is 4.57. The van der Waals surface area contributed by atoms with E-state index in [4.69, 9.17) is 15.5 Å². The Balaban J connectivity index is 1.91. The van der Waals surface area contributed by atoms with Gasteiger partial charge in [-0.05, 0) is 27.2 Å². The van der Waals surface area contributed by atoms with Crippen LogP contribution < -0.4 is 11.1 Å². The first-order valence-electron chi connectivity index (χ1n) is 8.61. The van der Waals surface area contributed by atoms with Crippen LogP contribution in [-0.4, -0.2) is 79.7 Å². The molecule has 1 unspecified atom stereocenters. The molecule has 2 aliphatic heterocycles. The fraction of sp³-hybridized carbons (Fsp3) is 0.875. The van der Waals surface area contributed by atoms with Crippen molar-refractivity contribution >= 4 is 11.9 Å². The number of nitrogens with one attached hydrogen (secondary N) is 1. The first-order chi connectivity index (χ1) is 10.9. The lowest BCUT2D eigenvalue weighted by atomic mass is 10.0. The van der Waals surface area contributed by atoms with Gasteiger partial charge in [0.25, 0.3) is 0 Å². The molecule has 3 N–H and O–H groups in total. The van der Waals surface area contributed by atoms with Gasteiger partial charge in [0.2, 0.25) is 5.91 Å². The van der Waals surface area contributed by atoms with Gasteiger partial charge in [-0.1, -0.05) is 0 Å². The van der Waals surface area contributed by atoms with Gasteiger partial charge in [0.1, 0.15) is 0 Å². The fourth-order valence-corrected chi connectivity index (χ4v) is 3.00. The van der Waals surface area contributed by atoms with Crippen LogP contribution in [0.5, 0.6) is 0 Å². The molecule has 0 aromatic heterocycles. The molecular formula is C16H31N5O2. The molecule has 0 saturated carbocycles. The van der Waals surface area contributed by atoms with Gasteiger partial charge in [-0.2, -0.15) is 0 Å². The maximum absolute atomic E-state index is 11.6. The summed E-state index contributed by atoms with van der Waals surface area (Å²) in [6.07, 6.45) is 1.10. The van der Waals surface area contributed by atoms with E-state index in [0.717, 1.165) is 64.9 Å². The van der Waals surface area contributed by atoms with Crippen LogP contribution in [0.25, 0.3) is 0 Å². The normalized spacial score (nSPS) is 24.0. The van der Waals surface area contributed by atoms with Gasteiger partial charge in [0.05, 0.1) is 12.1 Å². The Morgan fingerprint density at radius 2 is 2.04 bits per heavy atom. The van der Waals surface area contributed by atoms with E-state index < -0.39 is 5.54 Å². The molecule has 7 nitrogen and oxygen atoms in total. The number of carbonyl (C=O) groups is 1. The molecule has 23 heavy (non-hydrogen) atoms. The maximum Gasteiger partial charge on any atom is 0.237 e. The number of carbonyl (C=O) groups excluding carboxylic acids is 1. The smallest absolute Gasteiger partial charge is 0.237 e. The monoisotopic (exact) mass is 325 g/mol. The van der Waals surface area contributed by atoms with Crippen LogP contribution in [0.3, 0.4) is 0 Å². The summed E-state index contributed by atoms with van der Waals surface area (Å²) in [5, 5.41) is 3.38. The second-order valence-electron chi connectivity index (χ2n) is 6.82. The summed E-state index contributed by atoms with van der Waals surface area (Å²) in [6.45, 7) is 12.5. The highest BCUT2D eigenvalue weighted by atomic mass is 16.5. The number of amides is 1. The Morgan fingerprint density at radius 1 is 1.35 bits per heavy atom. The van der Waals surface area contributed by atoms with Gasteiger partial charge in [0, 0.05) is 51.8 Å². The van der Waals surface area contributed by atoms with Crippen LogP contribution in [-0.2, 0) is 9.53 Å². The van der Waals surface area contributed by atoms with Gasteiger partial charge in [-0.25, -0.2) is 0 Å². The SMILES string of the molecule is CCNC(=NCC1CCOC1)N1CCN(C(C)(C)C(N)=O)CC1. The van der Waals surface area contributed by atoms with Crippen molar-refractivity contribution in [2.24, 2.45) is 16.6 Å². The lowest BCUT2D eigenvalue weighted by Gasteiger charge is -2.43. The molecule has 2 fully saturated rings. The molecule has 132 valence electrons. The maximum atomic E-state index is 11.6. The van der Waals surface area contributed by atoms with Crippen molar-refractivity contribution in [3.63, 3.8) is 0 Å². The number of piperazine rings is 1. The summed E-state index contributed by atoms with van der Waals surface area (Å²) in [5.74, 6) is 1.24. The molecule has 0 aliphatic carbocycles. The van der Waals surface area contributed by atoms with Crippen LogP contribution in [0, 0.1) is 5.92 Å². The van der Waals surface area contributed by atoms with E-state index in [1.165, 1.54) is 0 Å². The van der Waals surface area contributed by atoms with Gasteiger partial charge in [0.15, 0.2) is 5.96 Å². The average molecular weight is 325 g/mol. The minimum absolute atomic E-state index is 0.271. The zero-order valence-electron chi connectivity index (χ0n) is 14.7. The number of hydrogen-bond acceptors (Lipinski definition) is 4. The van der Waals surface area contributed by atoms with Gasteiger partial charge >= 0.3 is 0 Å². The zero-order valence-corrected chi connectivity index (χ0v) is 14.7. The Labute approximate surface area is 139 Å². The predicted molar refractivity (Wildman–Crippen MR) is 91.3 cm³/mol. The number of primary amides is 1. The molecule has 0 bridgehead atoms. The Hall–Kier alpha value is -1.34. The summed E-state index contributed by atoms with van der Waals surface area (Å²) in [4.78, 5) is 20.8. The van der Waals surface area contributed by atoms with Gasteiger partial charge in [-0.15, -0.1) is 0 Å². The summed E-state index contributed by atoms with van der Waals surface area (Å²) < 4.78 is 5.42. The highest BCUT2D eigenvalue weighted by Gasteiger charge is 2.35. The lowest BCUT2D eigenvalue weighted by molar-refractivity contribution is -0.129. The quantitative estimate of drug-likeness (QED) is 0.543. The molecule has 2 heterocycles. The standard InChI is InChI=1S/C16H31N5O2/c1-4-18-15(19-11-13-5-10-23-12-13)20-6-8-21(9-7-20)16(2,3)14(17)22/h13H,4-12H2,1-3H3,(H2,17,22)(H,18,19). The van der Waals surface area contributed by atoms with Crippen molar-refractivity contribution in [2.75, 3.05) is 52.5 Å². The van der Waals surface area contributed by atoms with Crippen molar-refractivity contribution in [3.05, 3.63) is 0 Å². The first-order valence-corrected chi connectivity index (χ1v) is 8.61. The van der Waals surface area contributed by atoms with E-state index in [1.807, 2.05) is 13.8 Å². The van der Waals surface area contributed by atoms with E-state index in [-0.39, 0.29) is 5.91 Å². The van der Waals surface area contributed by atoms with Gasteiger partial charge in [-0.3, -0.25) is 14.7 Å². The lowest BCUT2D eigenvalue weighted by Crippen LogP contribution is -2.61. The molecular weight excluding hydrogens is 294 g/mol. The van der Waals surface area contributed by atoms with E-state index in [2.05, 4.69) is 22.0 Å². The van der Waals surface area contributed by atoms with E-state index >= 15 is 0 Å². The number of ether oxygens (including phenoxy) is 1. The average Bonchev–Trinajstić information content (AvgIpc) is 3.05. The van der Waals surface area contributed by atoms with Crippen LogP contribution >= 0.6 is 0 Å². The largest absolute Gasteiger partial charge is 0.381 e. The molecule has 0 radical (unpaired) electrons. The van der Waals surface area contributed by atoms with Crippen molar-refractivity contribution in [1.82, 2.24) is 15.1 Å². The molecule has 1 amide bonds. The van der Waals surface area contributed by atoms with E-state index in [0.29, 0.717) is 5.92 Å². The molecule has 0 spiro atoms. The minimum Gasteiger partial charge on any atom is -0.381 e. The molecule has 7 heteroatoms. The number of aliphatic imine (C=N–C) groups is 1. The second kappa shape index (κ2) is 7.97. The molecule has 0 aromatic carbocycles. The van der Waals surface area contributed by atoms with Crippen molar-refractivity contribution in [1.29, 1.82) is 0 Å². The summed E-state index contributed by atoms with van der Waals surface area (Å²) in [5.41, 5.74) is 4.92. The Morgan fingerprint density at radius 3 is 2.57 bits per heavy atom. The predicted octanol–water partition coefficient (Wildman–Crippen LogP) is -0.130. The summed E-state index contributed by atoms with van der Waals surface area (Å²) in [6, 6.07) is 0. The third-order valence-corrected chi connectivity index (χ3v) is 4.83. The molecule has 2 rings (SSSR count).